The Labute approximate surface area is 88.8 Å². The first-order chi connectivity index (χ1) is 6.33. The van der Waals surface area contributed by atoms with Crippen molar-refractivity contribution in [1.29, 1.82) is 0 Å². The lowest BCUT2D eigenvalue weighted by atomic mass is 11.2. The summed E-state index contributed by atoms with van der Waals surface area (Å²) in [6.07, 6.45) is 1.34. The Morgan fingerprint density at radius 2 is 1.14 bits per heavy atom. The van der Waals surface area contributed by atoms with Crippen LogP contribution in [0.3, 0.4) is 0 Å². The molecule has 0 heterocycles. The molecule has 0 atom stereocenters. The highest BCUT2D eigenvalue weighted by atomic mass is 33.7. The van der Waals surface area contributed by atoms with E-state index >= 15 is 0 Å². The lowest BCUT2D eigenvalue weighted by Crippen LogP contribution is -1.96. The molecular formula is C4H6O6S4. The van der Waals surface area contributed by atoms with E-state index in [2.05, 4.69) is 21.5 Å². The topological polar surface area (TPSA) is 86.7 Å². The fourth-order valence-electron chi connectivity index (χ4n) is 0.267. The summed E-state index contributed by atoms with van der Waals surface area (Å²) in [6, 6.07) is 0. The molecule has 82 valence electrons. The van der Waals surface area contributed by atoms with Crippen LogP contribution in [0.4, 0.5) is 0 Å². The molecule has 10 heteroatoms. The highest BCUT2D eigenvalue weighted by Gasteiger charge is 2.20. The monoisotopic (exact) mass is 278 g/mol. The molecule has 0 aromatic heterocycles. The molecule has 0 aromatic rings. The second-order valence-electron chi connectivity index (χ2n) is 1.48. The molecule has 0 aliphatic heterocycles. The molecule has 0 amide bonds. The molecule has 0 unspecified atom stereocenters. The molecule has 14 heavy (non-hydrogen) atoms. The van der Waals surface area contributed by atoms with Gasteiger partial charge in [0, 0.05) is 0 Å². The zero-order chi connectivity index (χ0) is 11.2. The smallest absolute Gasteiger partial charge is 0.376 e. The second-order valence-corrected chi connectivity index (χ2v) is 9.48. The van der Waals surface area contributed by atoms with E-state index < -0.39 is 18.3 Å². The lowest BCUT2D eigenvalue weighted by molar-refractivity contribution is 0.460. The summed E-state index contributed by atoms with van der Waals surface area (Å²) in [5.41, 5.74) is 0. The lowest BCUT2D eigenvalue weighted by Gasteiger charge is -2.00. The molecule has 6 nitrogen and oxygen atoms in total. The van der Waals surface area contributed by atoms with Crippen LogP contribution >= 0.6 is 19.7 Å². The summed E-state index contributed by atoms with van der Waals surface area (Å²) in [5, 5.41) is 0. The van der Waals surface area contributed by atoms with E-state index in [1.165, 1.54) is 0 Å². The molecule has 0 aliphatic carbocycles. The fourth-order valence-corrected chi connectivity index (χ4v) is 7.21. The normalized spacial score (nSPS) is 11.7. The predicted molar refractivity (Wildman–Crippen MR) is 55.6 cm³/mol. The predicted octanol–water partition coefficient (Wildman–Crippen LogP) is 1.18. The van der Waals surface area contributed by atoms with Gasteiger partial charge >= 0.3 is 18.3 Å². The van der Waals surface area contributed by atoms with Crippen molar-refractivity contribution < 1.29 is 25.2 Å². The van der Waals surface area contributed by atoms with Crippen molar-refractivity contribution in [3.63, 3.8) is 0 Å². The SMILES string of the molecule is C=COS(=O)(=O)SSS(=O)(=O)OC=C. The van der Waals surface area contributed by atoms with Crippen LogP contribution in [0.1, 0.15) is 0 Å². The molecule has 0 fully saturated rings. The highest BCUT2D eigenvalue weighted by Crippen LogP contribution is 2.35. The van der Waals surface area contributed by atoms with Crippen molar-refractivity contribution >= 4 is 38.0 Å². The van der Waals surface area contributed by atoms with Crippen molar-refractivity contribution in [1.82, 2.24) is 0 Å². The van der Waals surface area contributed by atoms with Gasteiger partial charge in [0.1, 0.15) is 0 Å². The Kier molecular flexibility index (Phi) is 5.41. The van der Waals surface area contributed by atoms with Crippen molar-refractivity contribution in [3.8, 4) is 0 Å². The van der Waals surface area contributed by atoms with E-state index in [-0.39, 0.29) is 19.7 Å². The van der Waals surface area contributed by atoms with Crippen LogP contribution in [-0.2, 0) is 26.7 Å². The van der Waals surface area contributed by atoms with Crippen molar-refractivity contribution in [2.75, 3.05) is 0 Å². The van der Waals surface area contributed by atoms with Crippen LogP contribution in [0.15, 0.2) is 25.7 Å². The Balaban J connectivity index is 4.32. The third-order valence-electron chi connectivity index (χ3n) is 0.566. The first kappa shape index (κ1) is 13.7. The molecule has 0 bridgehead atoms. The van der Waals surface area contributed by atoms with Gasteiger partial charge in [0.05, 0.1) is 32.2 Å². The van der Waals surface area contributed by atoms with E-state index in [4.69, 9.17) is 0 Å². The summed E-state index contributed by atoms with van der Waals surface area (Å²) >= 11 is 0. The second kappa shape index (κ2) is 5.53. The number of hydrogen-bond donors (Lipinski definition) is 0. The third-order valence-corrected chi connectivity index (χ3v) is 8.34. The quantitative estimate of drug-likeness (QED) is 0.507. The number of hydrogen-bond acceptors (Lipinski definition) is 8. The molecule has 0 aromatic carbocycles. The summed E-state index contributed by atoms with van der Waals surface area (Å²) in [5.74, 6) is 0. The minimum Gasteiger partial charge on any atom is -0.383 e. The standard InChI is InChI=1S/C4H6O6S4/c1-3-9-13(5,6)11-12-14(7,8)10-4-2/h3-4H,1-2H2. The van der Waals surface area contributed by atoms with Crippen LogP contribution in [0.2, 0.25) is 0 Å². The van der Waals surface area contributed by atoms with Crippen LogP contribution in [0.5, 0.6) is 0 Å². The summed E-state index contributed by atoms with van der Waals surface area (Å²) in [7, 11) is -8.06. The van der Waals surface area contributed by atoms with E-state index in [9.17, 15) is 16.8 Å². The van der Waals surface area contributed by atoms with Crippen LogP contribution in [0, 0.1) is 0 Å². The largest absolute Gasteiger partial charge is 0.383 e. The Morgan fingerprint density at radius 1 is 0.857 bits per heavy atom. The van der Waals surface area contributed by atoms with E-state index in [1.807, 2.05) is 0 Å². The first-order valence-electron chi connectivity index (χ1n) is 2.79. The Bertz CT molecular complexity index is 352. The minimum atomic E-state index is -4.02. The molecule has 0 aliphatic rings. The first-order valence-corrected chi connectivity index (χ1v) is 8.79. The van der Waals surface area contributed by atoms with E-state index in [0.717, 1.165) is 0 Å². The summed E-state index contributed by atoms with van der Waals surface area (Å²) in [4.78, 5) is 0. The van der Waals surface area contributed by atoms with E-state index in [1.54, 1.807) is 0 Å². The zero-order valence-corrected chi connectivity index (χ0v) is 9.92. The summed E-state index contributed by atoms with van der Waals surface area (Å²) < 4.78 is 51.2. The molecule has 0 saturated heterocycles. The van der Waals surface area contributed by atoms with Crippen molar-refractivity contribution in [2.24, 2.45) is 0 Å². The van der Waals surface area contributed by atoms with Crippen LogP contribution in [0.25, 0.3) is 0 Å². The van der Waals surface area contributed by atoms with Crippen LogP contribution < -0.4 is 0 Å². The highest BCUT2D eigenvalue weighted by molar-refractivity contribution is 9.22. The van der Waals surface area contributed by atoms with Gasteiger partial charge in [-0.15, -0.1) is 0 Å². The molecule has 0 radical (unpaired) electrons. The van der Waals surface area contributed by atoms with Gasteiger partial charge in [0.2, 0.25) is 0 Å². The summed E-state index contributed by atoms with van der Waals surface area (Å²) in [6.45, 7) is 6.01. The maximum atomic E-state index is 10.8. The maximum absolute atomic E-state index is 10.8. The molecule has 0 rings (SSSR count). The molecule has 0 saturated carbocycles. The Hall–Kier alpha value is -0.320. The Morgan fingerprint density at radius 3 is 1.36 bits per heavy atom. The van der Waals surface area contributed by atoms with Crippen molar-refractivity contribution in [2.45, 2.75) is 0 Å². The maximum Gasteiger partial charge on any atom is 0.376 e. The zero-order valence-electron chi connectivity index (χ0n) is 6.65. The van der Waals surface area contributed by atoms with Gasteiger partial charge in [0.15, 0.2) is 0 Å². The van der Waals surface area contributed by atoms with Crippen molar-refractivity contribution in [3.05, 3.63) is 25.7 Å². The number of rotatable bonds is 7. The average Bonchev–Trinajstić information content (AvgIpc) is 2.01. The van der Waals surface area contributed by atoms with Crippen LogP contribution in [-0.4, -0.2) is 16.8 Å². The molecule has 0 spiro atoms. The van der Waals surface area contributed by atoms with Gasteiger partial charge in [-0.1, -0.05) is 13.2 Å². The average molecular weight is 278 g/mol. The molecular weight excluding hydrogens is 272 g/mol. The van der Waals surface area contributed by atoms with Gasteiger partial charge in [-0.3, -0.25) is 0 Å². The van der Waals surface area contributed by atoms with Gasteiger partial charge in [-0.25, -0.2) is 0 Å². The van der Waals surface area contributed by atoms with Gasteiger partial charge in [-0.05, 0) is 0 Å². The van der Waals surface area contributed by atoms with Gasteiger partial charge < -0.3 is 8.37 Å². The van der Waals surface area contributed by atoms with E-state index in [0.29, 0.717) is 12.5 Å². The van der Waals surface area contributed by atoms with Gasteiger partial charge in [0.25, 0.3) is 0 Å². The molecule has 0 N–H and O–H groups in total. The minimum absolute atomic E-state index is 0.0151. The fraction of sp³-hybridized carbons (Fsp3) is 0. The van der Waals surface area contributed by atoms with Gasteiger partial charge in [-0.2, -0.15) is 16.8 Å². The third kappa shape index (κ3) is 6.18.